The predicted molar refractivity (Wildman–Crippen MR) is 80.4 cm³/mol. The van der Waals surface area contributed by atoms with E-state index in [1.807, 2.05) is 0 Å². The summed E-state index contributed by atoms with van der Waals surface area (Å²) in [5, 5.41) is 0. The second-order valence-corrected chi connectivity index (χ2v) is 7.18. The van der Waals surface area contributed by atoms with Gasteiger partial charge in [0, 0.05) is 12.5 Å². The molecule has 1 aromatic rings. The van der Waals surface area contributed by atoms with Crippen LogP contribution in [0.1, 0.15) is 57.7 Å². The molecular weight excluding hydrogens is 234 g/mol. The molecule has 0 saturated heterocycles. The van der Waals surface area contributed by atoms with Gasteiger partial charge >= 0.3 is 0 Å². The standard InChI is InChI=1S/C17H27NO/c1-12(11-17(2,3)4)9-15(18)13-5-6-16-14(10-13)7-8-19-16/h5-6,10,12,15H,7-9,11,18H2,1-4H3. The van der Waals surface area contributed by atoms with Gasteiger partial charge in [-0.2, -0.15) is 0 Å². The largest absolute Gasteiger partial charge is 0.493 e. The molecule has 106 valence electrons. The molecule has 2 heteroatoms. The fraction of sp³-hybridized carbons (Fsp3) is 0.647. The molecule has 1 aliphatic heterocycles. The fourth-order valence-electron chi connectivity index (χ4n) is 3.14. The summed E-state index contributed by atoms with van der Waals surface area (Å²) in [7, 11) is 0. The third-order valence-electron chi connectivity index (χ3n) is 3.76. The van der Waals surface area contributed by atoms with Gasteiger partial charge in [-0.1, -0.05) is 39.8 Å². The van der Waals surface area contributed by atoms with Gasteiger partial charge in [-0.15, -0.1) is 0 Å². The summed E-state index contributed by atoms with van der Waals surface area (Å²) in [5.41, 5.74) is 9.32. The highest BCUT2D eigenvalue weighted by molar-refractivity contribution is 5.40. The Morgan fingerprint density at radius 1 is 1.32 bits per heavy atom. The van der Waals surface area contributed by atoms with Crippen molar-refractivity contribution in [2.24, 2.45) is 17.1 Å². The first-order valence-electron chi connectivity index (χ1n) is 7.36. The maximum Gasteiger partial charge on any atom is 0.122 e. The lowest BCUT2D eigenvalue weighted by molar-refractivity contribution is 0.286. The number of hydrogen-bond donors (Lipinski definition) is 1. The van der Waals surface area contributed by atoms with Crippen molar-refractivity contribution in [1.29, 1.82) is 0 Å². The Kier molecular flexibility index (Phi) is 4.19. The van der Waals surface area contributed by atoms with E-state index in [4.69, 9.17) is 10.5 Å². The number of rotatable bonds is 4. The molecule has 1 heterocycles. The first kappa shape index (κ1) is 14.4. The topological polar surface area (TPSA) is 35.2 Å². The summed E-state index contributed by atoms with van der Waals surface area (Å²) in [6.45, 7) is 10.0. The summed E-state index contributed by atoms with van der Waals surface area (Å²) in [6.07, 6.45) is 3.29. The van der Waals surface area contributed by atoms with Crippen LogP contribution in [0.4, 0.5) is 0 Å². The van der Waals surface area contributed by atoms with Gasteiger partial charge < -0.3 is 10.5 Å². The molecule has 1 aliphatic rings. The second kappa shape index (κ2) is 5.54. The quantitative estimate of drug-likeness (QED) is 0.886. The molecule has 0 aliphatic carbocycles. The fourth-order valence-corrected chi connectivity index (χ4v) is 3.14. The van der Waals surface area contributed by atoms with Crippen LogP contribution in [-0.2, 0) is 6.42 Å². The average molecular weight is 261 g/mol. The van der Waals surface area contributed by atoms with Gasteiger partial charge in [-0.3, -0.25) is 0 Å². The molecular formula is C17H27NO. The lowest BCUT2D eigenvalue weighted by Gasteiger charge is -2.25. The molecule has 2 atom stereocenters. The number of nitrogens with two attached hydrogens (primary N) is 1. The zero-order chi connectivity index (χ0) is 14.0. The monoisotopic (exact) mass is 261 g/mol. The van der Waals surface area contributed by atoms with E-state index in [1.165, 1.54) is 17.5 Å². The van der Waals surface area contributed by atoms with Crippen molar-refractivity contribution in [3.05, 3.63) is 29.3 Å². The first-order valence-corrected chi connectivity index (χ1v) is 7.36. The Morgan fingerprint density at radius 2 is 2.05 bits per heavy atom. The van der Waals surface area contributed by atoms with Gasteiger partial charge in [0.15, 0.2) is 0 Å². The van der Waals surface area contributed by atoms with Crippen molar-refractivity contribution < 1.29 is 4.74 Å². The van der Waals surface area contributed by atoms with E-state index in [0.717, 1.165) is 25.2 Å². The van der Waals surface area contributed by atoms with Crippen LogP contribution in [0.15, 0.2) is 18.2 Å². The molecule has 2 unspecified atom stereocenters. The van der Waals surface area contributed by atoms with E-state index in [0.29, 0.717) is 11.3 Å². The Morgan fingerprint density at radius 3 is 2.74 bits per heavy atom. The van der Waals surface area contributed by atoms with Crippen LogP contribution in [0.25, 0.3) is 0 Å². The van der Waals surface area contributed by atoms with Crippen molar-refractivity contribution in [2.75, 3.05) is 6.61 Å². The number of benzene rings is 1. The molecule has 0 saturated carbocycles. The van der Waals surface area contributed by atoms with E-state index in [2.05, 4.69) is 45.9 Å². The first-order chi connectivity index (χ1) is 8.85. The lowest BCUT2D eigenvalue weighted by Crippen LogP contribution is -2.18. The highest BCUT2D eigenvalue weighted by Gasteiger charge is 2.19. The average Bonchev–Trinajstić information content (AvgIpc) is 2.72. The van der Waals surface area contributed by atoms with Crippen LogP contribution in [0.3, 0.4) is 0 Å². The smallest absolute Gasteiger partial charge is 0.122 e. The van der Waals surface area contributed by atoms with E-state index >= 15 is 0 Å². The molecule has 0 radical (unpaired) electrons. The maximum atomic E-state index is 6.37. The summed E-state index contributed by atoms with van der Waals surface area (Å²) < 4.78 is 5.54. The zero-order valence-corrected chi connectivity index (χ0v) is 12.7. The number of hydrogen-bond acceptors (Lipinski definition) is 2. The summed E-state index contributed by atoms with van der Waals surface area (Å²) in [5.74, 6) is 1.69. The van der Waals surface area contributed by atoms with Gasteiger partial charge in [0.2, 0.25) is 0 Å². The van der Waals surface area contributed by atoms with Crippen LogP contribution < -0.4 is 10.5 Å². The van der Waals surface area contributed by atoms with Crippen molar-refractivity contribution in [3.8, 4) is 5.75 Å². The normalized spacial score (nSPS) is 17.7. The van der Waals surface area contributed by atoms with Crippen molar-refractivity contribution >= 4 is 0 Å². The molecule has 19 heavy (non-hydrogen) atoms. The minimum absolute atomic E-state index is 0.142. The molecule has 0 amide bonds. The maximum absolute atomic E-state index is 6.37. The summed E-state index contributed by atoms with van der Waals surface area (Å²) >= 11 is 0. The Balaban J connectivity index is 1.98. The Labute approximate surface area is 117 Å². The molecule has 0 spiro atoms. The number of ether oxygens (including phenoxy) is 1. The molecule has 1 aromatic carbocycles. The van der Waals surface area contributed by atoms with Crippen molar-refractivity contribution in [2.45, 2.75) is 53.0 Å². The highest BCUT2D eigenvalue weighted by atomic mass is 16.5. The third-order valence-corrected chi connectivity index (χ3v) is 3.76. The van der Waals surface area contributed by atoms with Crippen LogP contribution in [0.2, 0.25) is 0 Å². The zero-order valence-electron chi connectivity index (χ0n) is 12.7. The van der Waals surface area contributed by atoms with Crippen LogP contribution in [0.5, 0.6) is 5.75 Å². The highest BCUT2D eigenvalue weighted by Crippen LogP contribution is 2.32. The van der Waals surface area contributed by atoms with Crippen molar-refractivity contribution in [1.82, 2.24) is 0 Å². The van der Waals surface area contributed by atoms with Crippen LogP contribution >= 0.6 is 0 Å². The summed E-state index contributed by atoms with van der Waals surface area (Å²) in [6, 6.07) is 6.57. The molecule has 2 rings (SSSR count). The van der Waals surface area contributed by atoms with Gasteiger partial charge in [0.05, 0.1) is 6.61 Å². The Hall–Kier alpha value is -1.02. The minimum Gasteiger partial charge on any atom is -0.493 e. The predicted octanol–water partition coefficient (Wildman–Crippen LogP) is 4.08. The molecule has 0 bridgehead atoms. The number of fused-ring (bicyclic) bond motifs is 1. The SMILES string of the molecule is CC(CC(N)c1ccc2c(c1)CCO2)CC(C)(C)C. The van der Waals surface area contributed by atoms with Crippen LogP contribution in [0, 0.1) is 11.3 Å². The lowest BCUT2D eigenvalue weighted by atomic mass is 9.82. The summed E-state index contributed by atoms with van der Waals surface area (Å²) in [4.78, 5) is 0. The van der Waals surface area contributed by atoms with Gasteiger partial charge in [-0.25, -0.2) is 0 Å². The van der Waals surface area contributed by atoms with Gasteiger partial charge in [-0.05, 0) is 41.4 Å². The second-order valence-electron chi connectivity index (χ2n) is 7.18. The van der Waals surface area contributed by atoms with Crippen LogP contribution in [-0.4, -0.2) is 6.61 Å². The molecule has 2 nitrogen and oxygen atoms in total. The minimum atomic E-state index is 0.142. The van der Waals surface area contributed by atoms with E-state index in [1.54, 1.807) is 0 Å². The third kappa shape index (κ3) is 3.97. The molecule has 2 N–H and O–H groups in total. The molecule has 0 fully saturated rings. The van der Waals surface area contributed by atoms with Crippen molar-refractivity contribution in [3.63, 3.8) is 0 Å². The van der Waals surface area contributed by atoms with E-state index in [-0.39, 0.29) is 6.04 Å². The molecule has 0 aromatic heterocycles. The van der Waals surface area contributed by atoms with Gasteiger partial charge in [0.1, 0.15) is 5.75 Å². The Bertz CT molecular complexity index is 433. The van der Waals surface area contributed by atoms with E-state index < -0.39 is 0 Å². The van der Waals surface area contributed by atoms with Gasteiger partial charge in [0.25, 0.3) is 0 Å². The van der Waals surface area contributed by atoms with E-state index in [9.17, 15) is 0 Å².